The molecule has 4 heteroatoms. The Morgan fingerprint density at radius 1 is 1.24 bits per heavy atom. The lowest BCUT2D eigenvalue weighted by molar-refractivity contribution is -0.137. The first kappa shape index (κ1) is 16.3. The van der Waals surface area contributed by atoms with Crippen LogP contribution in [0.1, 0.15) is 49.7 Å². The number of rotatable bonds is 6. The Morgan fingerprint density at radius 2 is 1.95 bits per heavy atom. The minimum absolute atomic E-state index is 0.258. The molecule has 2 rings (SSSR count). The molecule has 1 N–H and O–H groups in total. The summed E-state index contributed by atoms with van der Waals surface area (Å²) < 4.78 is 38.2. The Labute approximate surface area is 124 Å². The van der Waals surface area contributed by atoms with Gasteiger partial charge in [-0.3, -0.25) is 0 Å². The molecule has 1 aliphatic rings. The maximum Gasteiger partial charge on any atom is 0.416 e. The number of nitrogens with one attached hydrogen (secondary N) is 1. The van der Waals surface area contributed by atoms with Gasteiger partial charge in [-0.25, -0.2) is 0 Å². The summed E-state index contributed by atoms with van der Waals surface area (Å²) in [6.07, 6.45) is 3.94. The minimum Gasteiger partial charge on any atom is -0.317 e. The van der Waals surface area contributed by atoms with Crippen LogP contribution in [0.3, 0.4) is 0 Å². The summed E-state index contributed by atoms with van der Waals surface area (Å²) in [6.45, 7) is 0. The van der Waals surface area contributed by atoms with Crippen molar-refractivity contribution in [2.45, 2.75) is 57.2 Å². The molecule has 1 saturated carbocycles. The molecule has 1 atom stereocenters. The summed E-state index contributed by atoms with van der Waals surface area (Å²) in [4.78, 5) is 0. The third-order valence-corrected chi connectivity index (χ3v) is 4.54. The van der Waals surface area contributed by atoms with Gasteiger partial charge in [-0.15, -0.1) is 0 Å². The van der Waals surface area contributed by atoms with Gasteiger partial charge in [0.25, 0.3) is 0 Å². The van der Waals surface area contributed by atoms with Crippen molar-refractivity contribution in [3.05, 3.63) is 35.4 Å². The van der Waals surface area contributed by atoms with Gasteiger partial charge in [0.2, 0.25) is 0 Å². The Bertz CT molecular complexity index is 436. The lowest BCUT2D eigenvalue weighted by Crippen LogP contribution is -2.28. The topological polar surface area (TPSA) is 12.0 Å². The maximum atomic E-state index is 12.7. The molecule has 0 saturated heterocycles. The summed E-state index contributed by atoms with van der Waals surface area (Å²) in [7, 11) is 1.90. The average molecular weight is 299 g/mol. The summed E-state index contributed by atoms with van der Waals surface area (Å²) in [5.41, 5.74) is 0.209. The molecule has 0 aromatic heterocycles. The summed E-state index contributed by atoms with van der Waals surface area (Å²) in [5.74, 6) is 0.822. The van der Waals surface area contributed by atoms with Crippen molar-refractivity contribution in [3.8, 4) is 0 Å². The van der Waals surface area contributed by atoms with E-state index in [0.717, 1.165) is 24.0 Å². The standard InChI is InChI=1S/C17H24F3N/c1-21-16(10-9-13-5-2-3-6-13)12-14-7-4-8-15(11-14)17(18,19)20/h4,7-8,11,13,16,21H,2-3,5-6,9-10,12H2,1H3. The number of hydrogen-bond donors (Lipinski definition) is 1. The lowest BCUT2D eigenvalue weighted by atomic mass is 9.94. The summed E-state index contributed by atoms with van der Waals surface area (Å²) in [5, 5.41) is 3.25. The second-order valence-corrected chi connectivity index (χ2v) is 6.12. The summed E-state index contributed by atoms with van der Waals surface area (Å²) in [6, 6.07) is 5.96. The zero-order valence-electron chi connectivity index (χ0n) is 12.5. The number of alkyl halides is 3. The lowest BCUT2D eigenvalue weighted by Gasteiger charge is -2.19. The van der Waals surface area contributed by atoms with Crippen LogP contribution in [0.2, 0.25) is 0 Å². The van der Waals surface area contributed by atoms with Crippen LogP contribution in [-0.2, 0) is 12.6 Å². The van der Waals surface area contributed by atoms with Crippen molar-refractivity contribution >= 4 is 0 Å². The second-order valence-electron chi connectivity index (χ2n) is 6.12. The van der Waals surface area contributed by atoms with Crippen molar-refractivity contribution in [2.75, 3.05) is 7.05 Å². The normalized spacial score (nSPS) is 18.1. The molecule has 118 valence electrons. The minimum atomic E-state index is -4.25. The monoisotopic (exact) mass is 299 g/mol. The van der Waals surface area contributed by atoms with Gasteiger partial charge in [0.15, 0.2) is 0 Å². The van der Waals surface area contributed by atoms with Crippen LogP contribution in [0.4, 0.5) is 13.2 Å². The van der Waals surface area contributed by atoms with E-state index >= 15 is 0 Å². The number of halogens is 3. The van der Waals surface area contributed by atoms with Crippen LogP contribution in [0.5, 0.6) is 0 Å². The molecule has 0 spiro atoms. The van der Waals surface area contributed by atoms with Crippen LogP contribution in [0.25, 0.3) is 0 Å². The van der Waals surface area contributed by atoms with Crippen molar-refractivity contribution in [3.63, 3.8) is 0 Å². The van der Waals surface area contributed by atoms with E-state index in [2.05, 4.69) is 5.32 Å². The zero-order chi connectivity index (χ0) is 15.3. The molecule has 0 aliphatic heterocycles. The number of likely N-dealkylation sites (N-methyl/N-ethyl adjacent to an activating group) is 1. The van der Waals surface area contributed by atoms with E-state index in [9.17, 15) is 13.2 Å². The molecule has 1 fully saturated rings. The van der Waals surface area contributed by atoms with Crippen molar-refractivity contribution in [1.82, 2.24) is 5.32 Å². The van der Waals surface area contributed by atoms with E-state index in [4.69, 9.17) is 0 Å². The van der Waals surface area contributed by atoms with E-state index in [1.165, 1.54) is 44.2 Å². The van der Waals surface area contributed by atoms with Gasteiger partial charge < -0.3 is 5.32 Å². The molecule has 1 aliphatic carbocycles. The highest BCUT2D eigenvalue weighted by Gasteiger charge is 2.30. The van der Waals surface area contributed by atoms with Crippen LogP contribution >= 0.6 is 0 Å². The van der Waals surface area contributed by atoms with Crippen molar-refractivity contribution in [1.29, 1.82) is 0 Å². The van der Waals surface area contributed by atoms with Crippen molar-refractivity contribution < 1.29 is 13.2 Å². The smallest absolute Gasteiger partial charge is 0.317 e. The maximum absolute atomic E-state index is 12.7. The molecule has 0 radical (unpaired) electrons. The highest BCUT2D eigenvalue weighted by molar-refractivity contribution is 5.26. The first-order valence-corrected chi connectivity index (χ1v) is 7.82. The molecule has 1 aromatic carbocycles. The number of benzene rings is 1. The predicted molar refractivity (Wildman–Crippen MR) is 79.2 cm³/mol. The molecule has 0 heterocycles. The van der Waals surface area contributed by atoms with Crippen LogP contribution in [0, 0.1) is 5.92 Å². The third kappa shape index (κ3) is 5.03. The Kier molecular flexibility index (Phi) is 5.68. The van der Waals surface area contributed by atoms with Crippen LogP contribution in [0.15, 0.2) is 24.3 Å². The Hall–Kier alpha value is -1.03. The fourth-order valence-corrected chi connectivity index (χ4v) is 3.24. The highest BCUT2D eigenvalue weighted by Crippen LogP contribution is 2.31. The van der Waals surface area contributed by atoms with Gasteiger partial charge in [-0.1, -0.05) is 43.9 Å². The molecule has 1 aromatic rings. The van der Waals surface area contributed by atoms with Gasteiger partial charge in [0.1, 0.15) is 0 Å². The first-order valence-electron chi connectivity index (χ1n) is 7.82. The zero-order valence-corrected chi connectivity index (χ0v) is 12.5. The van der Waals surface area contributed by atoms with E-state index in [-0.39, 0.29) is 6.04 Å². The summed E-state index contributed by atoms with van der Waals surface area (Å²) >= 11 is 0. The van der Waals surface area contributed by atoms with E-state index < -0.39 is 11.7 Å². The fraction of sp³-hybridized carbons (Fsp3) is 0.647. The predicted octanol–water partition coefficient (Wildman–Crippen LogP) is 4.81. The van der Waals surface area contributed by atoms with Gasteiger partial charge in [0, 0.05) is 6.04 Å². The Morgan fingerprint density at radius 3 is 2.57 bits per heavy atom. The van der Waals surface area contributed by atoms with Gasteiger partial charge in [-0.05, 0) is 43.9 Å². The number of hydrogen-bond acceptors (Lipinski definition) is 1. The molecule has 21 heavy (non-hydrogen) atoms. The molecule has 0 bridgehead atoms. The third-order valence-electron chi connectivity index (χ3n) is 4.54. The fourth-order valence-electron chi connectivity index (χ4n) is 3.24. The Balaban J connectivity index is 1.91. The van der Waals surface area contributed by atoms with E-state index in [1.807, 2.05) is 7.05 Å². The molecular formula is C17H24F3N. The average Bonchev–Trinajstić information content (AvgIpc) is 2.96. The van der Waals surface area contributed by atoms with Crippen molar-refractivity contribution in [2.24, 2.45) is 5.92 Å². The van der Waals surface area contributed by atoms with Crippen LogP contribution < -0.4 is 5.32 Å². The van der Waals surface area contributed by atoms with Crippen LogP contribution in [-0.4, -0.2) is 13.1 Å². The van der Waals surface area contributed by atoms with E-state index in [0.29, 0.717) is 6.42 Å². The van der Waals surface area contributed by atoms with E-state index in [1.54, 1.807) is 6.07 Å². The second kappa shape index (κ2) is 7.30. The molecule has 1 unspecified atom stereocenters. The molecule has 0 amide bonds. The van der Waals surface area contributed by atoms with Gasteiger partial charge in [0.05, 0.1) is 5.56 Å². The molecule has 1 nitrogen and oxygen atoms in total. The quantitative estimate of drug-likeness (QED) is 0.795. The highest BCUT2D eigenvalue weighted by atomic mass is 19.4. The van der Waals surface area contributed by atoms with Gasteiger partial charge in [-0.2, -0.15) is 13.2 Å². The first-order chi connectivity index (χ1) is 9.99. The van der Waals surface area contributed by atoms with Gasteiger partial charge >= 0.3 is 6.18 Å². The SMILES string of the molecule is CNC(CCC1CCCC1)Cc1cccc(C(F)(F)F)c1. The largest absolute Gasteiger partial charge is 0.416 e. The molecular weight excluding hydrogens is 275 g/mol.